The van der Waals surface area contributed by atoms with Gasteiger partial charge in [0.2, 0.25) is 0 Å². The summed E-state index contributed by atoms with van der Waals surface area (Å²) in [4.78, 5) is 0. The minimum Gasteiger partial charge on any atom is -0.508 e. The van der Waals surface area contributed by atoms with Crippen molar-refractivity contribution in [2.24, 2.45) is 11.3 Å². The van der Waals surface area contributed by atoms with Crippen molar-refractivity contribution in [1.29, 1.82) is 0 Å². The molecule has 0 aliphatic heterocycles. The van der Waals surface area contributed by atoms with Crippen LogP contribution in [0.4, 0.5) is 0 Å². The Bertz CT molecular complexity index is 555. The smallest absolute Gasteiger partial charge is 0.119 e. The summed E-state index contributed by atoms with van der Waals surface area (Å²) in [5, 5.41) is 10.3. The molecule has 0 heterocycles. The Hall–Kier alpha value is -0.980. The minimum atomic E-state index is 0.298. The molecule has 0 amide bonds. The molecule has 2 atom stereocenters. The first-order chi connectivity index (χ1) is 9.75. The van der Waals surface area contributed by atoms with Crippen LogP contribution in [0.1, 0.15) is 82.9 Å². The topological polar surface area (TPSA) is 20.2 Å². The van der Waals surface area contributed by atoms with Gasteiger partial charge in [-0.3, -0.25) is 0 Å². The first-order valence-corrected chi connectivity index (χ1v) is 8.62. The van der Waals surface area contributed by atoms with E-state index in [2.05, 4.69) is 46.8 Å². The summed E-state index contributed by atoms with van der Waals surface area (Å²) in [5.74, 6) is 1.66. The molecule has 1 N–H and O–H groups in total. The number of hydrogen-bond donors (Lipinski definition) is 1. The second-order valence-electron chi connectivity index (χ2n) is 8.57. The summed E-state index contributed by atoms with van der Waals surface area (Å²) in [6, 6.07) is 4.40. The SMILES string of the molecule is CC(C)c1cc2c(cc1O)CC[C@@H]1C(C)(C)CCC[C@@]21C. The van der Waals surface area contributed by atoms with Crippen LogP contribution < -0.4 is 0 Å². The summed E-state index contributed by atoms with van der Waals surface area (Å²) in [5.41, 5.74) is 4.80. The first-order valence-electron chi connectivity index (χ1n) is 8.62. The highest BCUT2D eigenvalue weighted by Gasteiger charge is 2.49. The molecule has 1 aromatic carbocycles. The number of benzene rings is 1. The predicted octanol–water partition coefficient (Wildman–Crippen LogP) is 5.55. The average molecular weight is 286 g/mol. The van der Waals surface area contributed by atoms with E-state index in [9.17, 15) is 5.11 Å². The maximum Gasteiger partial charge on any atom is 0.119 e. The average Bonchev–Trinajstić information content (AvgIpc) is 2.36. The highest BCUT2D eigenvalue weighted by atomic mass is 16.3. The van der Waals surface area contributed by atoms with Crippen LogP contribution in [0.3, 0.4) is 0 Å². The lowest BCUT2D eigenvalue weighted by molar-refractivity contribution is 0.0406. The maximum absolute atomic E-state index is 10.3. The fraction of sp³-hybridized carbons (Fsp3) is 0.700. The lowest BCUT2D eigenvalue weighted by Crippen LogP contribution is -2.47. The zero-order valence-electron chi connectivity index (χ0n) is 14.3. The molecule has 21 heavy (non-hydrogen) atoms. The van der Waals surface area contributed by atoms with Crippen molar-refractivity contribution < 1.29 is 5.11 Å². The lowest BCUT2D eigenvalue weighted by Gasteiger charge is -2.54. The monoisotopic (exact) mass is 286 g/mol. The Labute approximate surface area is 129 Å². The van der Waals surface area contributed by atoms with Crippen LogP contribution in [-0.4, -0.2) is 5.11 Å². The molecule has 0 radical (unpaired) electrons. The molecule has 1 fully saturated rings. The van der Waals surface area contributed by atoms with Crippen LogP contribution in [0.2, 0.25) is 0 Å². The molecule has 0 spiro atoms. The summed E-state index contributed by atoms with van der Waals surface area (Å²) >= 11 is 0. The van der Waals surface area contributed by atoms with E-state index in [1.807, 2.05) is 0 Å². The van der Waals surface area contributed by atoms with E-state index in [4.69, 9.17) is 0 Å². The fourth-order valence-electron chi connectivity index (χ4n) is 5.30. The van der Waals surface area contributed by atoms with Crippen molar-refractivity contribution >= 4 is 0 Å². The van der Waals surface area contributed by atoms with E-state index in [0.29, 0.717) is 22.5 Å². The first kappa shape index (κ1) is 14.9. The van der Waals surface area contributed by atoms with Gasteiger partial charge in [0.15, 0.2) is 0 Å². The molecule has 2 aliphatic carbocycles. The number of fused-ring (bicyclic) bond motifs is 3. The van der Waals surface area contributed by atoms with Crippen molar-refractivity contribution in [2.75, 3.05) is 0 Å². The van der Waals surface area contributed by atoms with Crippen molar-refractivity contribution in [3.05, 3.63) is 28.8 Å². The number of phenolic OH excluding ortho intramolecular Hbond substituents is 1. The Balaban J connectivity index is 2.14. The van der Waals surface area contributed by atoms with Gasteiger partial charge in [-0.2, -0.15) is 0 Å². The second-order valence-corrected chi connectivity index (χ2v) is 8.57. The van der Waals surface area contributed by atoms with Gasteiger partial charge in [-0.25, -0.2) is 0 Å². The summed E-state index contributed by atoms with van der Waals surface area (Å²) in [6.07, 6.45) is 6.40. The van der Waals surface area contributed by atoms with Gasteiger partial charge in [-0.15, -0.1) is 0 Å². The van der Waals surface area contributed by atoms with Gasteiger partial charge in [0.25, 0.3) is 0 Å². The summed E-state index contributed by atoms with van der Waals surface area (Å²) < 4.78 is 0. The van der Waals surface area contributed by atoms with E-state index in [0.717, 1.165) is 17.9 Å². The molecule has 0 aromatic heterocycles. The van der Waals surface area contributed by atoms with Crippen LogP contribution in [0.25, 0.3) is 0 Å². The van der Waals surface area contributed by atoms with Gasteiger partial charge in [-0.1, -0.05) is 47.1 Å². The molecule has 1 nitrogen and oxygen atoms in total. The van der Waals surface area contributed by atoms with E-state index in [-0.39, 0.29) is 0 Å². The minimum absolute atomic E-state index is 0.298. The molecule has 116 valence electrons. The third-order valence-corrected chi connectivity index (χ3v) is 6.42. The van der Waals surface area contributed by atoms with Crippen molar-refractivity contribution in [3.63, 3.8) is 0 Å². The molecule has 1 saturated carbocycles. The van der Waals surface area contributed by atoms with E-state index < -0.39 is 0 Å². The molecule has 2 aliphatic rings. The van der Waals surface area contributed by atoms with Crippen molar-refractivity contribution in [1.82, 2.24) is 0 Å². The number of rotatable bonds is 1. The van der Waals surface area contributed by atoms with Crippen molar-refractivity contribution in [2.45, 2.75) is 78.1 Å². The lowest BCUT2D eigenvalue weighted by atomic mass is 9.50. The van der Waals surface area contributed by atoms with E-state index in [1.165, 1.54) is 36.8 Å². The quantitative estimate of drug-likeness (QED) is 0.718. The van der Waals surface area contributed by atoms with Gasteiger partial charge < -0.3 is 5.11 Å². The molecule has 1 aromatic rings. The Morgan fingerprint density at radius 2 is 1.86 bits per heavy atom. The number of hydrogen-bond acceptors (Lipinski definition) is 1. The number of aryl methyl sites for hydroxylation is 1. The highest BCUT2D eigenvalue weighted by Crippen LogP contribution is 2.57. The van der Waals surface area contributed by atoms with Crippen LogP contribution in [0, 0.1) is 11.3 Å². The molecule has 3 rings (SSSR count). The standard InChI is InChI=1S/C20H30O/c1-13(2)15-12-16-14(11-17(15)21)7-8-18-19(3,4)9-6-10-20(16,18)5/h11-13,18,21H,6-10H2,1-5H3/t18-,20+/m1/s1. The molecule has 0 saturated heterocycles. The molecule has 1 heteroatoms. The van der Waals surface area contributed by atoms with Gasteiger partial charge in [-0.05, 0) is 71.1 Å². The number of phenols is 1. The zero-order valence-corrected chi connectivity index (χ0v) is 14.3. The third-order valence-electron chi connectivity index (χ3n) is 6.42. The predicted molar refractivity (Wildman–Crippen MR) is 89.0 cm³/mol. The largest absolute Gasteiger partial charge is 0.508 e. The van der Waals surface area contributed by atoms with Crippen LogP contribution in [0.5, 0.6) is 5.75 Å². The van der Waals surface area contributed by atoms with Crippen LogP contribution in [0.15, 0.2) is 12.1 Å². The Kier molecular flexibility index (Phi) is 3.39. The molecular weight excluding hydrogens is 256 g/mol. The van der Waals surface area contributed by atoms with Crippen LogP contribution in [-0.2, 0) is 11.8 Å². The van der Waals surface area contributed by atoms with Gasteiger partial charge in [0, 0.05) is 0 Å². The zero-order chi connectivity index (χ0) is 15.4. The third kappa shape index (κ3) is 2.20. The molecule has 0 unspecified atom stereocenters. The fourth-order valence-corrected chi connectivity index (χ4v) is 5.30. The normalized spacial score (nSPS) is 30.9. The van der Waals surface area contributed by atoms with E-state index in [1.54, 1.807) is 0 Å². The summed E-state index contributed by atoms with van der Waals surface area (Å²) in [6.45, 7) is 11.8. The van der Waals surface area contributed by atoms with Gasteiger partial charge >= 0.3 is 0 Å². The molecule has 0 bridgehead atoms. The Morgan fingerprint density at radius 3 is 2.52 bits per heavy atom. The van der Waals surface area contributed by atoms with E-state index >= 15 is 0 Å². The number of aromatic hydroxyl groups is 1. The van der Waals surface area contributed by atoms with Gasteiger partial charge in [0.05, 0.1) is 0 Å². The highest BCUT2D eigenvalue weighted by molar-refractivity contribution is 5.48. The Morgan fingerprint density at radius 1 is 1.14 bits per heavy atom. The maximum atomic E-state index is 10.3. The second kappa shape index (κ2) is 4.76. The summed E-state index contributed by atoms with van der Waals surface area (Å²) in [7, 11) is 0. The van der Waals surface area contributed by atoms with Gasteiger partial charge in [0.1, 0.15) is 5.75 Å². The van der Waals surface area contributed by atoms with Crippen molar-refractivity contribution in [3.8, 4) is 5.75 Å². The molecular formula is C20H30O. The van der Waals surface area contributed by atoms with Crippen LogP contribution >= 0.6 is 0 Å².